The smallest absolute Gasteiger partial charge is 0.338 e. The highest BCUT2D eigenvalue weighted by molar-refractivity contribution is 7.54. The zero-order valence-electron chi connectivity index (χ0n) is 14.0. The summed E-state index contributed by atoms with van der Waals surface area (Å²) in [6.45, 7) is 3.99. The Bertz CT molecular complexity index is 728. The van der Waals surface area contributed by atoms with Gasteiger partial charge in [0.05, 0.1) is 18.9 Å². The Labute approximate surface area is 142 Å². The molecule has 2 aromatic rings. The first-order valence-electron chi connectivity index (χ1n) is 8.10. The van der Waals surface area contributed by atoms with Gasteiger partial charge < -0.3 is 14.2 Å². The van der Waals surface area contributed by atoms with Crippen LogP contribution in [0, 0.1) is 0 Å². The molecular formula is C18H23O5P. The molecule has 0 aliphatic heterocycles. The predicted molar refractivity (Wildman–Crippen MR) is 94.4 cm³/mol. The van der Waals surface area contributed by atoms with Crippen LogP contribution in [0.15, 0.2) is 42.5 Å². The minimum Gasteiger partial charge on any atom is -0.481 e. The molecule has 1 N–H and O–H groups in total. The van der Waals surface area contributed by atoms with Crippen LogP contribution in [0.1, 0.15) is 37.9 Å². The van der Waals surface area contributed by atoms with Gasteiger partial charge in [0.1, 0.15) is 0 Å². The number of hydrogen-bond acceptors (Lipinski definition) is 4. The van der Waals surface area contributed by atoms with Gasteiger partial charge >= 0.3 is 13.6 Å². The molecule has 0 aliphatic rings. The van der Waals surface area contributed by atoms with Gasteiger partial charge in [-0.3, -0.25) is 9.36 Å². The number of hydrogen-bond donors (Lipinski definition) is 1. The lowest BCUT2D eigenvalue weighted by Crippen LogP contribution is -2.09. The van der Waals surface area contributed by atoms with Crippen LogP contribution in [0.5, 0.6) is 0 Å². The minimum absolute atomic E-state index is 0.0992. The second kappa shape index (κ2) is 8.43. The van der Waals surface area contributed by atoms with Crippen molar-refractivity contribution in [3.8, 4) is 0 Å². The highest BCUT2D eigenvalue weighted by Crippen LogP contribution is 2.63. The van der Waals surface area contributed by atoms with Crippen molar-refractivity contribution in [1.82, 2.24) is 0 Å². The van der Waals surface area contributed by atoms with Crippen molar-refractivity contribution >= 4 is 24.3 Å². The fraction of sp³-hybridized carbons (Fsp3) is 0.389. The van der Waals surface area contributed by atoms with E-state index in [1.807, 2.05) is 42.5 Å². The Morgan fingerprint density at radius 3 is 2.33 bits per heavy atom. The number of fused-ring (bicyclic) bond motifs is 1. The highest BCUT2D eigenvalue weighted by Gasteiger charge is 2.37. The predicted octanol–water partition coefficient (Wildman–Crippen LogP) is 5.01. The number of carbonyl (C=O) groups is 1. The van der Waals surface area contributed by atoms with Crippen LogP contribution in [0.25, 0.3) is 10.8 Å². The van der Waals surface area contributed by atoms with Crippen molar-refractivity contribution in [1.29, 1.82) is 0 Å². The Hall–Kier alpha value is -1.68. The standard InChI is InChI=1S/C18H23O5P/c1-3-22-24(21,23-4-2)17(12-13-18(19)20)16-11-7-9-14-8-5-6-10-15(14)16/h5-11,17H,3-4,12-13H2,1-2H3,(H,19,20). The molecule has 0 aliphatic carbocycles. The van der Waals surface area contributed by atoms with Crippen molar-refractivity contribution in [2.75, 3.05) is 13.2 Å². The molecule has 2 aromatic carbocycles. The normalized spacial score (nSPS) is 13.1. The fourth-order valence-corrected chi connectivity index (χ4v) is 5.03. The second-order valence-corrected chi connectivity index (χ2v) is 7.61. The third kappa shape index (κ3) is 4.23. The van der Waals surface area contributed by atoms with Gasteiger partial charge in [-0.2, -0.15) is 0 Å². The number of benzene rings is 2. The average Bonchev–Trinajstić information content (AvgIpc) is 2.55. The zero-order valence-corrected chi connectivity index (χ0v) is 14.9. The fourth-order valence-electron chi connectivity index (χ4n) is 2.86. The molecule has 24 heavy (non-hydrogen) atoms. The molecule has 0 heterocycles. The molecule has 0 bridgehead atoms. The van der Waals surface area contributed by atoms with E-state index in [1.165, 1.54) is 0 Å². The minimum atomic E-state index is -3.48. The first kappa shape index (κ1) is 18.7. The summed E-state index contributed by atoms with van der Waals surface area (Å²) in [6, 6.07) is 13.5. The molecule has 0 fully saturated rings. The number of rotatable bonds is 9. The second-order valence-electron chi connectivity index (χ2n) is 5.39. The summed E-state index contributed by atoms with van der Waals surface area (Å²) in [7, 11) is -3.48. The van der Waals surface area contributed by atoms with Gasteiger partial charge in [-0.05, 0) is 36.6 Å². The highest BCUT2D eigenvalue weighted by atomic mass is 31.2. The van der Waals surface area contributed by atoms with Crippen LogP contribution in [0.4, 0.5) is 0 Å². The van der Waals surface area contributed by atoms with Crippen molar-refractivity contribution < 1.29 is 23.5 Å². The van der Waals surface area contributed by atoms with Gasteiger partial charge in [0.2, 0.25) is 0 Å². The van der Waals surface area contributed by atoms with E-state index in [4.69, 9.17) is 14.2 Å². The van der Waals surface area contributed by atoms with E-state index in [-0.39, 0.29) is 26.1 Å². The Kier molecular flexibility index (Phi) is 6.55. The van der Waals surface area contributed by atoms with E-state index in [0.717, 1.165) is 16.3 Å². The first-order valence-corrected chi connectivity index (χ1v) is 9.71. The molecule has 0 aromatic heterocycles. The van der Waals surface area contributed by atoms with Gasteiger partial charge in [0, 0.05) is 6.42 Å². The maximum Gasteiger partial charge on any atom is 0.338 e. The van der Waals surface area contributed by atoms with Gasteiger partial charge in [0.25, 0.3) is 0 Å². The van der Waals surface area contributed by atoms with E-state index >= 15 is 0 Å². The molecular weight excluding hydrogens is 327 g/mol. The number of carboxylic acids is 1. The lowest BCUT2D eigenvalue weighted by molar-refractivity contribution is -0.137. The Morgan fingerprint density at radius 1 is 1.08 bits per heavy atom. The van der Waals surface area contributed by atoms with Crippen LogP contribution >= 0.6 is 7.60 Å². The van der Waals surface area contributed by atoms with Crippen LogP contribution in [0.3, 0.4) is 0 Å². The summed E-state index contributed by atoms with van der Waals surface area (Å²) in [4.78, 5) is 11.1. The molecule has 0 saturated carbocycles. The number of aliphatic carboxylic acids is 1. The number of carboxylic acid groups (broad SMARTS) is 1. The third-order valence-electron chi connectivity index (χ3n) is 3.81. The molecule has 0 radical (unpaired) electrons. The molecule has 130 valence electrons. The van der Waals surface area contributed by atoms with Crippen LogP contribution < -0.4 is 0 Å². The van der Waals surface area contributed by atoms with E-state index < -0.39 is 19.2 Å². The van der Waals surface area contributed by atoms with E-state index in [2.05, 4.69) is 0 Å². The van der Waals surface area contributed by atoms with Crippen molar-refractivity contribution in [2.24, 2.45) is 0 Å². The van der Waals surface area contributed by atoms with Crippen LogP contribution in [-0.4, -0.2) is 24.3 Å². The monoisotopic (exact) mass is 350 g/mol. The summed E-state index contributed by atoms with van der Waals surface area (Å²) < 4.78 is 24.3. The molecule has 5 nitrogen and oxygen atoms in total. The summed E-state index contributed by atoms with van der Waals surface area (Å²) in [5, 5.41) is 11.0. The van der Waals surface area contributed by atoms with E-state index in [9.17, 15) is 9.36 Å². The van der Waals surface area contributed by atoms with Crippen molar-refractivity contribution in [3.63, 3.8) is 0 Å². The molecule has 0 saturated heterocycles. The maximum atomic E-state index is 13.3. The zero-order chi connectivity index (χ0) is 17.6. The molecule has 6 heteroatoms. The van der Waals surface area contributed by atoms with Crippen LogP contribution in [-0.2, 0) is 18.4 Å². The van der Waals surface area contributed by atoms with Gasteiger partial charge in [-0.15, -0.1) is 0 Å². The maximum absolute atomic E-state index is 13.3. The molecule has 0 spiro atoms. The SMILES string of the molecule is CCOP(=O)(OCC)C(CCC(=O)O)c1cccc2ccccc12. The largest absolute Gasteiger partial charge is 0.481 e. The quantitative estimate of drug-likeness (QED) is 0.644. The van der Waals surface area contributed by atoms with Gasteiger partial charge in [0.15, 0.2) is 0 Å². The summed E-state index contributed by atoms with van der Waals surface area (Å²) in [5.74, 6) is -0.931. The van der Waals surface area contributed by atoms with Gasteiger partial charge in [-0.25, -0.2) is 0 Å². The molecule has 1 unspecified atom stereocenters. The van der Waals surface area contributed by atoms with E-state index in [0.29, 0.717) is 0 Å². The van der Waals surface area contributed by atoms with Crippen LogP contribution in [0.2, 0.25) is 0 Å². The molecule has 2 rings (SSSR count). The Balaban J connectivity index is 2.55. The van der Waals surface area contributed by atoms with Crippen molar-refractivity contribution in [2.45, 2.75) is 32.3 Å². The third-order valence-corrected chi connectivity index (χ3v) is 6.35. The Morgan fingerprint density at radius 2 is 1.71 bits per heavy atom. The summed E-state index contributed by atoms with van der Waals surface area (Å²) in [6.07, 6.45) is 0.0959. The van der Waals surface area contributed by atoms with E-state index in [1.54, 1.807) is 13.8 Å². The summed E-state index contributed by atoms with van der Waals surface area (Å²) >= 11 is 0. The molecule has 1 atom stereocenters. The lowest BCUT2D eigenvalue weighted by Gasteiger charge is -2.27. The topological polar surface area (TPSA) is 72.8 Å². The lowest BCUT2D eigenvalue weighted by atomic mass is 10.00. The molecule has 0 amide bonds. The van der Waals surface area contributed by atoms with Gasteiger partial charge in [-0.1, -0.05) is 42.5 Å². The average molecular weight is 350 g/mol. The summed E-state index contributed by atoms with van der Waals surface area (Å²) in [5.41, 5.74) is 0.194. The first-order chi connectivity index (χ1) is 11.5. The van der Waals surface area contributed by atoms with Crippen molar-refractivity contribution in [3.05, 3.63) is 48.0 Å².